The van der Waals surface area contributed by atoms with E-state index in [9.17, 15) is 9.59 Å². The number of rotatable bonds is 6. The van der Waals surface area contributed by atoms with Gasteiger partial charge in [0, 0.05) is 30.8 Å². The number of carbonyl (C=O) groups excluding carboxylic acids is 2. The van der Waals surface area contributed by atoms with Crippen LogP contribution in [-0.4, -0.2) is 29.8 Å². The first-order valence-electron chi connectivity index (χ1n) is 8.28. The summed E-state index contributed by atoms with van der Waals surface area (Å²) in [6, 6.07) is 14.9. The van der Waals surface area contributed by atoms with Crippen molar-refractivity contribution in [2.24, 2.45) is 0 Å². The van der Waals surface area contributed by atoms with Crippen LogP contribution in [0.4, 0.5) is 0 Å². The molecule has 4 heteroatoms. The lowest BCUT2D eigenvalue weighted by atomic mass is 10.1. The summed E-state index contributed by atoms with van der Waals surface area (Å²) in [5.41, 5.74) is 3.28. The lowest BCUT2D eigenvalue weighted by molar-refractivity contribution is 0.0773. The second kappa shape index (κ2) is 8.29. The topological polar surface area (TPSA) is 49.4 Å². The Morgan fingerprint density at radius 1 is 0.958 bits per heavy atom. The minimum absolute atomic E-state index is 0.0480. The van der Waals surface area contributed by atoms with E-state index in [1.807, 2.05) is 45.0 Å². The summed E-state index contributed by atoms with van der Waals surface area (Å²) in [6.07, 6.45) is 0. The Balaban J connectivity index is 2.05. The molecule has 126 valence electrons. The number of aryl methyl sites for hydroxylation is 1. The molecule has 0 atom stereocenters. The van der Waals surface area contributed by atoms with Crippen LogP contribution in [0, 0.1) is 6.92 Å². The summed E-state index contributed by atoms with van der Waals surface area (Å²) in [7, 11) is 0. The SMILES string of the molecule is CCN(CC)C(=O)c1cccc(C(=O)NCc2ccc(C)cc2)c1. The molecule has 0 saturated heterocycles. The fraction of sp³-hybridized carbons (Fsp3) is 0.300. The van der Waals surface area contributed by atoms with Crippen molar-refractivity contribution in [2.75, 3.05) is 13.1 Å². The largest absolute Gasteiger partial charge is 0.348 e. The van der Waals surface area contributed by atoms with Crippen molar-refractivity contribution in [3.8, 4) is 0 Å². The van der Waals surface area contributed by atoms with E-state index in [1.165, 1.54) is 5.56 Å². The van der Waals surface area contributed by atoms with Crippen LogP contribution in [0.15, 0.2) is 48.5 Å². The molecule has 0 aliphatic heterocycles. The third-order valence-corrected chi connectivity index (χ3v) is 4.00. The predicted octanol–water partition coefficient (Wildman–Crippen LogP) is 3.41. The maximum Gasteiger partial charge on any atom is 0.253 e. The van der Waals surface area contributed by atoms with Crippen LogP contribution in [0.3, 0.4) is 0 Å². The second-order valence-electron chi connectivity index (χ2n) is 5.73. The van der Waals surface area contributed by atoms with Gasteiger partial charge in [0.2, 0.25) is 0 Å². The summed E-state index contributed by atoms with van der Waals surface area (Å²) in [5.74, 6) is -0.224. The summed E-state index contributed by atoms with van der Waals surface area (Å²) >= 11 is 0. The molecule has 0 bridgehead atoms. The molecule has 4 nitrogen and oxygen atoms in total. The Morgan fingerprint density at radius 2 is 1.58 bits per heavy atom. The van der Waals surface area contributed by atoms with Gasteiger partial charge in [0.15, 0.2) is 0 Å². The van der Waals surface area contributed by atoms with Crippen LogP contribution in [0.2, 0.25) is 0 Å². The van der Waals surface area contributed by atoms with E-state index in [0.717, 1.165) is 5.56 Å². The average molecular weight is 324 g/mol. The smallest absolute Gasteiger partial charge is 0.253 e. The van der Waals surface area contributed by atoms with E-state index in [2.05, 4.69) is 5.32 Å². The molecule has 0 aromatic heterocycles. The zero-order valence-electron chi connectivity index (χ0n) is 14.5. The van der Waals surface area contributed by atoms with Crippen molar-refractivity contribution in [3.05, 3.63) is 70.8 Å². The molecular weight excluding hydrogens is 300 g/mol. The number of amides is 2. The highest BCUT2D eigenvalue weighted by molar-refractivity contribution is 5.99. The van der Waals surface area contributed by atoms with E-state index in [1.54, 1.807) is 29.2 Å². The first-order chi connectivity index (χ1) is 11.5. The van der Waals surface area contributed by atoms with Crippen molar-refractivity contribution in [1.82, 2.24) is 10.2 Å². The maximum atomic E-state index is 12.4. The van der Waals surface area contributed by atoms with Crippen molar-refractivity contribution >= 4 is 11.8 Å². The zero-order chi connectivity index (χ0) is 17.5. The van der Waals surface area contributed by atoms with Crippen LogP contribution >= 0.6 is 0 Å². The van der Waals surface area contributed by atoms with Gasteiger partial charge in [-0.25, -0.2) is 0 Å². The lowest BCUT2D eigenvalue weighted by Crippen LogP contribution is -2.30. The number of carbonyl (C=O) groups is 2. The number of hydrogen-bond acceptors (Lipinski definition) is 2. The molecule has 2 rings (SSSR count). The number of benzene rings is 2. The Labute approximate surface area is 143 Å². The summed E-state index contributed by atoms with van der Waals surface area (Å²) in [4.78, 5) is 26.5. The Hall–Kier alpha value is -2.62. The molecule has 0 spiro atoms. The van der Waals surface area contributed by atoms with Crippen molar-refractivity contribution < 1.29 is 9.59 Å². The first-order valence-corrected chi connectivity index (χ1v) is 8.28. The van der Waals surface area contributed by atoms with Crippen LogP contribution in [0.25, 0.3) is 0 Å². The molecule has 1 N–H and O–H groups in total. The quantitative estimate of drug-likeness (QED) is 0.885. The van der Waals surface area contributed by atoms with Crippen molar-refractivity contribution in [1.29, 1.82) is 0 Å². The van der Waals surface area contributed by atoms with Gasteiger partial charge in [-0.05, 0) is 44.5 Å². The Kier molecular flexibility index (Phi) is 6.13. The fourth-order valence-corrected chi connectivity index (χ4v) is 2.48. The van der Waals surface area contributed by atoms with E-state index in [4.69, 9.17) is 0 Å². The molecule has 2 aromatic carbocycles. The van der Waals surface area contributed by atoms with Gasteiger partial charge in [-0.2, -0.15) is 0 Å². The maximum absolute atomic E-state index is 12.4. The molecule has 0 aliphatic carbocycles. The molecular formula is C20H24N2O2. The van der Waals surface area contributed by atoms with Gasteiger partial charge in [0.1, 0.15) is 0 Å². The van der Waals surface area contributed by atoms with Gasteiger partial charge < -0.3 is 10.2 Å². The van der Waals surface area contributed by atoms with Gasteiger partial charge >= 0.3 is 0 Å². The van der Waals surface area contributed by atoms with Gasteiger partial charge in [-0.15, -0.1) is 0 Å². The highest BCUT2D eigenvalue weighted by atomic mass is 16.2. The summed E-state index contributed by atoms with van der Waals surface area (Å²) in [6.45, 7) is 7.69. The van der Waals surface area contributed by atoms with Crippen LogP contribution in [0.1, 0.15) is 45.7 Å². The molecule has 0 aliphatic rings. The summed E-state index contributed by atoms with van der Waals surface area (Å²) in [5, 5.41) is 2.89. The van der Waals surface area contributed by atoms with Crippen LogP contribution in [0.5, 0.6) is 0 Å². The minimum atomic E-state index is -0.176. The van der Waals surface area contributed by atoms with E-state index < -0.39 is 0 Å². The minimum Gasteiger partial charge on any atom is -0.348 e. The van der Waals surface area contributed by atoms with E-state index in [-0.39, 0.29) is 11.8 Å². The normalized spacial score (nSPS) is 10.3. The van der Waals surface area contributed by atoms with Gasteiger partial charge in [-0.3, -0.25) is 9.59 Å². The van der Waals surface area contributed by atoms with Gasteiger partial charge in [0.25, 0.3) is 11.8 Å². The monoisotopic (exact) mass is 324 g/mol. The molecule has 2 aromatic rings. The molecule has 0 heterocycles. The second-order valence-corrected chi connectivity index (χ2v) is 5.73. The third-order valence-electron chi connectivity index (χ3n) is 4.00. The molecule has 0 saturated carbocycles. The highest BCUT2D eigenvalue weighted by Gasteiger charge is 2.14. The first kappa shape index (κ1) is 17.7. The number of nitrogens with one attached hydrogen (secondary N) is 1. The Morgan fingerprint density at radius 3 is 2.21 bits per heavy atom. The molecule has 24 heavy (non-hydrogen) atoms. The summed E-state index contributed by atoms with van der Waals surface area (Å²) < 4.78 is 0. The van der Waals surface area contributed by atoms with Crippen molar-refractivity contribution in [3.63, 3.8) is 0 Å². The average Bonchev–Trinajstić information content (AvgIpc) is 2.62. The van der Waals surface area contributed by atoms with Crippen LogP contribution < -0.4 is 5.32 Å². The highest BCUT2D eigenvalue weighted by Crippen LogP contribution is 2.10. The Bertz CT molecular complexity index is 704. The van der Waals surface area contributed by atoms with E-state index in [0.29, 0.717) is 30.8 Å². The molecule has 0 unspecified atom stereocenters. The van der Waals surface area contributed by atoms with Crippen molar-refractivity contribution in [2.45, 2.75) is 27.3 Å². The fourth-order valence-electron chi connectivity index (χ4n) is 2.48. The van der Waals surface area contributed by atoms with Gasteiger partial charge in [0.05, 0.1) is 0 Å². The zero-order valence-corrected chi connectivity index (χ0v) is 14.5. The van der Waals surface area contributed by atoms with Gasteiger partial charge in [-0.1, -0.05) is 35.9 Å². The third kappa shape index (κ3) is 4.44. The molecule has 0 fully saturated rings. The lowest BCUT2D eigenvalue weighted by Gasteiger charge is -2.18. The number of hydrogen-bond donors (Lipinski definition) is 1. The number of nitrogens with zero attached hydrogens (tertiary/aromatic N) is 1. The standard InChI is InChI=1S/C20H24N2O2/c1-4-22(5-2)20(24)18-8-6-7-17(13-18)19(23)21-14-16-11-9-15(3)10-12-16/h6-13H,4-5,14H2,1-3H3,(H,21,23). The molecule has 0 radical (unpaired) electrons. The molecule has 2 amide bonds. The van der Waals surface area contributed by atoms with Crippen LogP contribution in [-0.2, 0) is 6.54 Å². The van der Waals surface area contributed by atoms with E-state index >= 15 is 0 Å². The predicted molar refractivity (Wildman–Crippen MR) is 96.0 cm³/mol.